The fourth-order valence-corrected chi connectivity index (χ4v) is 4.70. The van der Waals surface area contributed by atoms with Crippen molar-refractivity contribution in [1.29, 1.82) is 0 Å². The molecule has 1 aliphatic heterocycles. The molecule has 6 nitrogen and oxygen atoms in total. The molecule has 0 unspecified atom stereocenters. The van der Waals surface area contributed by atoms with E-state index >= 15 is 0 Å². The second kappa shape index (κ2) is 10.1. The number of ether oxygens (including phenoxy) is 1. The zero-order chi connectivity index (χ0) is 25.3. The Morgan fingerprint density at radius 3 is 2.26 bits per heavy atom. The average molecular weight is 515 g/mol. The molecule has 2 fully saturated rings. The molecular formula is C24H26F4N2O4S. The van der Waals surface area contributed by atoms with Gasteiger partial charge in [-0.3, -0.25) is 9.69 Å². The maximum absolute atomic E-state index is 14.6. The SMILES string of the molecule is CS(=O)(=O)NC(=O)c1cc(C2CC2)c(OCC2CCN(Cc3cc(F)c(F)cc3F)CC2)cc1F. The van der Waals surface area contributed by atoms with Crippen molar-refractivity contribution in [2.45, 2.75) is 38.1 Å². The number of benzene rings is 2. The van der Waals surface area contributed by atoms with Crippen LogP contribution in [0.2, 0.25) is 0 Å². The van der Waals surface area contributed by atoms with E-state index in [-0.39, 0.29) is 29.5 Å². The van der Waals surface area contributed by atoms with Crippen molar-refractivity contribution in [2.24, 2.45) is 5.92 Å². The van der Waals surface area contributed by atoms with Gasteiger partial charge in [0, 0.05) is 24.2 Å². The smallest absolute Gasteiger partial charge is 0.267 e. The lowest BCUT2D eigenvalue weighted by molar-refractivity contribution is 0.0977. The minimum atomic E-state index is -3.83. The highest BCUT2D eigenvalue weighted by atomic mass is 32.2. The number of halogens is 4. The molecule has 35 heavy (non-hydrogen) atoms. The molecule has 0 spiro atoms. The summed E-state index contributed by atoms with van der Waals surface area (Å²) >= 11 is 0. The molecule has 4 rings (SSSR count). The number of sulfonamides is 1. The predicted molar refractivity (Wildman–Crippen MR) is 120 cm³/mol. The summed E-state index contributed by atoms with van der Waals surface area (Å²) in [6.07, 6.45) is 4.01. The molecule has 1 saturated heterocycles. The van der Waals surface area contributed by atoms with Crippen LogP contribution < -0.4 is 9.46 Å². The van der Waals surface area contributed by atoms with Crippen LogP contribution in [0.4, 0.5) is 17.6 Å². The summed E-state index contributed by atoms with van der Waals surface area (Å²) in [5, 5.41) is 0. The van der Waals surface area contributed by atoms with Crippen LogP contribution in [0.3, 0.4) is 0 Å². The fourth-order valence-electron chi connectivity index (χ4n) is 4.25. The second-order valence-electron chi connectivity index (χ2n) is 9.24. The van der Waals surface area contributed by atoms with Gasteiger partial charge in [0.1, 0.15) is 17.4 Å². The number of nitrogens with zero attached hydrogens (tertiary/aromatic N) is 1. The lowest BCUT2D eigenvalue weighted by Gasteiger charge is -2.32. The van der Waals surface area contributed by atoms with E-state index in [0.29, 0.717) is 37.1 Å². The maximum atomic E-state index is 14.6. The summed E-state index contributed by atoms with van der Waals surface area (Å²) in [6.45, 7) is 1.72. The van der Waals surface area contributed by atoms with Crippen molar-refractivity contribution in [3.05, 3.63) is 64.2 Å². The van der Waals surface area contributed by atoms with Crippen LogP contribution in [0.25, 0.3) is 0 Å². The number of piperidine rings is 1. The Kier molecular flexibility index (Phi) is 7.37. The van der Waals surface area contributed by atoms with Crippen molar-refractivity contribution in [1.82, 2.24) is 9.62 Å². The van der Waals surface area contributed by atoms with Crippen LogP contribution in [-0.4, -0.2) is 45.2 Å². The molecule has 1 N–H and O–H groups in total. The summed E-state index contributed by atoms with van der Waals surface area (Å²) < 4.78 is 85.5. The van der Waals surface area contributed by atoms with Crippen LogP contribution in [0.15, 0.2) is 24.3 Å². The van der Waals surface area contributed by atoms with E-state index in [4.69, 9.17) is 4.74 Å². The summed E-state index contributed by atoms with van der Waals surface area (Å²) in [6, 6.07) is 3.93. The number of likely N-dealkylation sites (tertiary alicyclic amines) is 1. The Bertz CT molecular complexity index is 1230. The third kappa shape index (κ3) is 6.52. The summed E-state index contributed by atoms with van der Waals surface area (Å²) in [7, 11) is -3.83. The van der Waals surface area contributed by atoms with Crippen molar-refractivity contribution in [3.63, 3.8) is 0 Å². The van der Waals surface area contributed by atoms with Gasteiger partial charge < -0.3 is 4.74 Å². The summed E-state index contributed by atoms with van der Waals surface area (Å²) in [4.78, 5) is 14.1. The Morgan fingerprint density at radius 2 is 1.63 bits per heavy atom. The molecule has 2 aliphatic rings. The predicted octanol–water partition coefficient (Wildman–Crippen LogP) is 4.10. The lowest BCUT2D eigenvalue weighted by atomic mass is 9.97. The van der Waals surface area contributed by atoms with Gasteiger partial charge in [0.25, 0.3) is 5.91 Å². The molecule has 0 bridgehead atoms. The quantitative estimate of drug-likeness (QED) is 0.424. The first kappa shape index (κ1) is 25.4. The molecular weight excluding hydrogens is 488 g/mol. The number of carbonyl (C=O) groups excluding carboxylic acids is 1. The van der Waals surface area contributed by atoms with Gasteiger partial charge >= 0.3 is 0 Å². The highest BCUT2D eigenvalue weighted by molar-refractivity contribution is 7.89. The van der Waals surface area contributed by atoms with Crippen LogP contribution in [-0.2, 0) is 16.6 Å². The van der Waals surface area contributed by atoms with E-state index < -0.39 is 39.2 Å². The van der Waals surface area contributed by atoms with Gasteiger partial charge in [0.2, 0.25) is 10.0 Å². The molecule has 2 aromatic carbocycles. The van der Waals surface area contributed by atoms with Gasteiger partial charge in [0.05, 0.1) is 18.4 Å². The second-order valence-corrected chi connectivity index (χ2v) is 11.0. The highest BCUT2D eigenvalue weighted by Crippen LogP contribution is 2.45. The molecule has 0 aromatic heterocycles. The van der Waals surface area contributed by atoms with Gasteiger partial charge in [-0.15, -0.1) is 0 Å². The van der Waals surface area contributed by atoms with E-state index in [2.05, 4.69) is 0 Å². The topological polar surface area (TPSA) is 75.7 Å². The minimum absolute atomic E-state index is 0.100. The van der Waals surface area contributed by atoms with Gasteiger partial charge in [-0.2, -0.15) is 0 Å². The molecule has 11 heteroatoms. The molecule has 1 amide bonds. The van der Waals surface area contributed by atoms with Gasteiger partial charge in [-0.05, 0) is 68.3 Å². The molecule has 0 radical (unpaired) electrons. The van der Waals surface area contributed by atoms with Crippen molar-refractivity contribution >= 4 is 15.9 Å². The van der Waals surface area contributed by atoms with E-state index in [1.807, 2.05) is 4.90 Å². The molecule has 1 aliphatic carbocycles. The first-order chi connectivity index (χ1) is 16.5. The van der Waals surface area contributed by atoms with Crippen molar-refractivity contribution in [3.8, 4) is 5.75 Å². The number of nitrogens with one attached hydrogen (secondary N) is 1. The third-order valence-corrected chi connectivity index (χ3v) is 6.86. The Morgan fingerprint density at radius 1 is 0.971 bits per heavy atom. The molecule has 0 atom stereocenters. The minimum Gasteiger partial charge on any atom is -0.493 e. The van der Waals surface area contributed by atoms with Crippen LogP contribution in [0.1, 0.15) is 53.1 Å². The van der Waals surface area contributed by atoms with Crippen LogP contribution >= 0.6 is 0 Å². The molecule has 190 valence electrons. The van der Waals surface area contributed by atoms with Crippen molar-refractivity contribution < 1.29 is 35.5 Å². The molecule has 1 saturated carbocycles. The molecule has 1 heterocycles. The standard InChI is InChI=1S/C24H26F4N2O4S/c1-35(32,33)29-24(31)18-9-17(15-2-3-15)23(11-20(18)26)34-13-14-4-6-30(7-5-14)12-16-8-21(27)22(28)10-19(16)25/h8-11,14-15H,2-7,12-13H2,1H3,(H,29,31). The Hall–Kier alpha value is -2.66. The number of hydrogen-bond acceptors (Lipinski definition) is 5. The maximum Gasteiger partial charge on any atom is 0.267 e. The van der Waals surface area contributed by atoms with E-state index in [1.165, 1.54) is 6.07 Å². The normalized spacial score (nSPS) is 17.4. The number of hydrogen-bond donors (Lipinski definition) is 1. The monoisotopic (exact) mass is 514 g/mol. The van der Waals surface area contributed by atoms with Crippen molar-refractivity contribution in [2.75, 3.05) is 26.0 Å². The van der Waals surface area contributed by atoms with E-state index in [9.17, 15) is 30.8 Å². The average Bonchev–Trinajstić information content (AvgIpc) is 3.61. The lowest BCUT2D eigenvalue weighted by Crippen LogP contribution is -2.35. The zero-order valence-electron chi connectivity index (χ0n) is 19.1. The van der Waals surface area contributed by atoms with Gasteiger partial charge in [0.15, 0.2) is 11.6 Å². The zero-order valence-corrected chi connectivity index (χ0v) is 19.9. The van der Waals surface area contributed by atoms with E-state index in [1.54, 1.807) is 4.72 Å². The highest BCUT2D eigenvalue weighted by Gasteiger charge is 2.30. The van der Waals surface area contributed by atoms with Crippen LogP contribution in [0, 0.1) is 29.2 Å². The summed E-state index contributed by atoms with van der Waals surface area (Å²) in [5.41, 5.74) is 0.432. The first-order valence-electron chi connectivity index (χ1n) is 11.3. The number of amides is 1. The third-order valence-electron chi connectivity index (χ3n) is 6.30. The van der Waals surface area contributed by atoms with Gasteiger partial charge in [-0.1, -0.05) is 0 Å². The summed E-state index contributed by atoms with van der Waals surface area (Å²) in [5.74, 6) is -4.34. The molecule has 2 aromatic rings. The number of rotatable bonds is 8. The Balaban J connectivity index is 1.36. The fraction of sp³-hybridized carbons (Fsp3) is 0.458. The largest absolute Gasteiger partial charge is 0.493 e. The Labute approximate surface area is 201 Å². The van der Waals surface area contributed by atoms with Gasteiger partial charge in [-0.25, -0.2) is 30.7 Å². The first-order valence-corrected chi connectivity index (χ1v) is 13.2. The van der Waals surface area contributed by atoms with Crippen LogP contribution in [0.5, 0.6) is 5.75 Å². The number of carbonyl (C=O) groups is 1. The van der Waals surface area contributed by atoms with E-state index in [0.717, 1.165) is 44.1 Å².